The summed E-state index contributed by atoms with van der Waals surface area (Å²) in [7, 11) is 0. The summed E-state index contributed by atoms with van der Waals surface area (Å²) in [4.78, 5) is 21.4. The average Bonchev–Trinajstić information content (AvgIpc) is 3.06. The standard InChI is InChI=1S/C15H12FN3OS2/c1-8-7-21-15(17-8)19-13(20)12-9(2)18-14(22-12)10-3-5-11(16)6-4-10/h3-7H,1-2H3,(H,17,19,20). The van der Waals surface area contributed by atoms with Gasteiger partial charge < -0.3 is 0 Å². The summed E-state index contributed by atoms with van der Waals surface area (Å²) in [5.74, 6) is -0.521. The Morgan fingerprint density at radius 1 is 1.18 bits per heavy atom. The number of carbonyl (C=O) groups excluding carboxylic acids is 1. The van der Waals surface area contributed by atoms with E-state index in [4.69, 9.17) is 0 Å². The number of rotatable bonds is 3. The summed E-state index contributed by atoms with van der Waals surface area (Å²) in [5.41, 5.74) is 2.31. The third-order valence-electron chi connectivity index (χ3n) is 2.93. The second-order valence-corrected chi connectivity index (χ2v) is 6.55. The van der Waals surface area contributed by atoms with Gasteiger partial charge in [-0.3, -0.25) is 10.1 Å². The maximum absolute atomic E-state index is 13.0. The Bertz CT molecular complexity index is 824. The van der Waals surface area contributed by atoms with Crippen molar-refractivity contribution >= 4 is 33.7 Å². The zero-order chi connectivity index (χ0) is 15.7. The van der Waals surface area contributed by atoms with Crippen molar-refractivity contribution in [3.63, 3.8) is 0 Å². The number of hydrogen-bond acceptors (Lipinski definition) is 5. The van der Waals surface area contributed by atoms with Gasteiger partial charge in [0.2, 0.25) is 0 Å². The lowest BCUT2D eigenvalue weighted by molar-refractivity contribution is 0.103. The summed E-state index contributed by atoms with van der Waals surface area (Å²) in [5, 5.41) is 5.91. The van der Waals surface area contributed by atoms with Crippen LogP contribution in [0.4, 0.5) is 9.52 Å². The number of halogens is 1. The zero-order valence-electron chi connectivity index (χ0n) is 11.9. The highest BCUT2D eigenvalue weighted by Gasteiger charge is 2.17. The maximum atomic E-state index is 13.0. The average molecular weight is 333 g/mol. The molecule has 2 aromatic heterocycles. The summed E-state index contributed by atoms with van der Waals surface area (Å²) in [6.45, 7) is 3.66. The van der Waals surface area contributed by atoms with Gasteiger partial charge >= 0.3 is 0 Å². The fraction of sp³-hybridized carbons (Fsp3) is 0.133. The lowest BCUT2D eigenvalue weighted by Crippen LogP contribution is -2.11. The van der Waals surface area contributed by atoms with E-state index in [1.165, 1.54) is 34.8 Å². The fourth-order valence-corrected chi connectivity index (χ4v) is 3.54. The molecule has 0 saturated carbocycles. The molecule has 2 heterocycles. The van der Waals surface area contributed by atoms with Crippen LogP contribution in [0.1, 0.15) is 21.1 Å². The molecule has 3 aromatic rings. The highest BCUT2D eigenvalue weighted by Crippen LogP contribution is 2.29. The van der Waals surface area contributed by atoms with Gasteiger partial charge in [-0.25, -0.2) is 14.4 Å². The van der Waals surface area contributed by atoms with Gasteiger partial charge in [-0.2, -0.15) is 0 Å². The topological polar surface area (TPSA) is 54.9 Å². The highest BCUT2D eigenvalue weighted by atomic mass is 32.1. The third kappa shape index (κ3) is 3.05. The van der Waals surface area contributed by atoms with Gasteiger partial charge in [0.1, 0.15) is 15.7 Å². The molecule has 1 N–H and O–H groups in total. The number of benzene rings is 1. The van der Waals surface area contributed by atoms with E-state index in [2.05, 4.69) is 15.3 Å². The Hall–Kier alpha value is -2.12. The maximum Gasteiger partial charge on any atom is 0.269 e. The lowest BCUT2D eigenvalue weighted by atomic mass is 10.2. The van der Waals surface area contributed by atoms with E-state index in [0.29, 0.717) is 20.7 Å². The third-order valence-corrected chi connectivity index (χ3v) is 5.01. The first-order valence-corrected chi connectivity index (χ1v) is 8.19. The number of aromatic nitrogens is 2. The van der Waals surface area contributed by atoms with E-state index in [-0.39, 0.29) is 11.7 Å². The number of carbonyl (C=O) groups is 1. The van der Waals surface area contributed by atoms with Crippen molar-refractivity contribution in [2.24, 2.45) is 0 Å². The Balaban J connectivity index is 1.85. The highest BCUT2D eigenvalue weighted by molar-refractivity contribution is 7.17. The van der Waals surface area contributed by atoms with Gasteiger partial charge in [0.15, 0.2) is 5.13 Å². The molecule has 0 aliphatic rings. The molecule has 0 bridgehead atoms. The smallest absolute Gasteiger partial charge is 0.269 e. The summed E-state index contributed by atoms with van der Waals surface area (Å²) < 4.78 is 13.0. The molecule has 3 rings (SSSR count). The molecule has 4 nitrogen and oxygen atoms in total. The number of amides is 1. The number of aryl methyl sites for hydroxylation is 2. The summed E-state index contributed by atoms with van der Waals surface area (Å²) >= 11 is 2.67. The van der Waals surface area contributed by atoms with E-state index in [0.717, 1.165) is 11.3 Å². The minimum atomic E-state index is -0.297. The Labute approximate surface area is 134 Å². The van der Waals surface area contributed by atoms with Crippen molar-refractivity contribution in [2.45, 2.75) is 13.8 Å². The number of hydrogen-bond donors (Lipinski definition) is 1. The molecule has 0 fully saturated rings. The molecular formula is C15H12FN3OS2. The van der Waals surface area contributed by atoms with Crippen molar-refractivity contribution in [1.82, 2.24) is 9.97 Å². The minimum Gasteiger partial charge on any atom is -0.297 e. The summed E-state index contributed by atoms with van der Waals surface area (Å²) in [6.07, 6.45) is 0. The molecule has 0 spiro atoms. The number of nitrogens with zero attached hydrogens (tertiary/aromatic N) is 2. The molecule has 112 valence electrons. The molecule has 1 amide bonds. The van der Waals surface area contributed by atoms with E-state index < -0.39 is 0 Å². The van der Waals surface area contributed by atoms with Gasteiger partial charge in [-0.1, -0.05) is 0 Å². The SMILES string of the molecule is Cc1csc(NC(=O)c2sc(-c3ccc(F)cc3)nc2C)n1. The second kappa shape index (κ2) is 5.94. The van der Waals surface area contributed by atoms with Gasteiger partial charge in [-0.15, -0.1) is 22.7 Å². The van der Waals surface area contributed by atoms with Crippen LogP contribution >= 0.6 is 22.7 Å². The molecule has 22 heavy (non-hydrogen) atoms. The molecular weight excluding hydrogens is 321 g/mol. The van der Waals surface area contributed by atoms with Crippen LogP contribution in [0, 0.1) is 19.7 Å². The van der Waals surface area contributed by atoms with Gasteiger partial charge in [0, 0.05) is 10.9 Å². The minimum absolute atomic E-state index is 0.224. The molecule has 0 aliphatic carbocycles. The first kappa shape index (κ1) is 14.8. The largest absolute Gasteiger partial charge is 0.297 e. The van der Waals surface area contributed by atoms with Crippen LogP contribution < -0.4 is 5.32 Å². The first-order valence-electron chi connectivity index (χ1n) is 6.50. The molecule has 0 radical (unpaired) electrons. The van der Waals surface area contributed by atoms with Crippen LogP contribution in [0.3, 0.4) is 0 Å². The van der Waals surface area contributed by atoms with E-state index >= 15 is 0 Å². The van der Waals surface area contributed by atoms with Crippen LogP contribution in [-0.4, -0.2) is 15.9 Å². The van der Waals surface area contributed by atoms with Crippen molar-refractivity contribution in [2.75, 3.05) is 5.32 Å². The van der Waals surface area contributed by atoms with Gasteiger partial charge in [0.05, 0.1) is 11.4 Å². The predicted octanol–water partition coefficient (Wildman–Crippen LogP) is 4.27. The normalized spacial score (nSPS) is 10.7. The molecule has 7 heteroatoms. The van der Waals surface area contributed by atoms with Crippen molar-refractivity contribution in [1.29, 1.82) is 0 Å². The van der Waals surface area contributed by atoms with Crippen LogP contribution in [0.2, 0.25) is 0 Å². The van der Waals surface area contributed by atoms with Gasteiger partial charge in [0.25, 0.3) is 5.91 Å². The predicted molar refractivity (Wildman–Crippen MR) is 87.0 cm³/mol. The van der Waals surface area contributed by atoms with E-state index in [9.17, 15) is 9.18 Å². The van der Waals surface area contributed by atoms with E-state index in [1.807, 2.05) is 12.3 Å². The van der Waals surface area contributed by atoms with Gasteiger partial charge in [-0.05, 0) is 38.1 Å². The molecule has 0 atom stereocenters. The molecule has 0 unspecified atom stereocenters. The lowest BCUT2D eigenvalue weighted by Gasteiger charge is -1.98. The number of thiazole rings is 2. The van der Waals surface area contributed by atoms with Crippen LogP contribution in [0.25, 0.3) is 10.6 Å². The fourth-order valence-electron chi connectivity index (χ4n) is 1.89. The van der Waals surface area contributed by atoms with Crippen LogP contribution in [0.15, 0.2) is 29.6 Å². The molecule has 0 saturated heterocycles. The zero-order valence-corrected chi connectivity index (χ0v) is 13.5. The molecule has 1 aromatic carbocycles. The van der Waals surface area contributed by atoms with Crippen molar-refractivity contribution in [3.8, 4) is 10.6 Å². The quantitative estimate of drug-likeness (QED) is 0.778. The Kier molecular flexibility index (Phi) is 4.00. The van der Waals surface area contributed by atoms with Crippen LogP contribution in [0.5, 0.6) is 0 Å². The second-order valence-electron chi connectivity index (χ2n) is 4.69. The van der Waals surface area contributed by atoms with Crippen molar-refractivity contribution < 1.29 is 9.18 Å². The Morgan fingerprint density at radius 3 is 2.55 bits per heavy atom. The van der Waals surface area contributed by atoms with Crippen LogP contribution in [-0.2, 0) is 0 Å². The van der Waals surface area contributed by atoms with E-state index in [1.54, 1.807) is 19.1 Å². The molecule has 0 aliphatic heterocycles. The number of nitrogens with one attached hydrogen (secondary N) is 1. The monoisotopic (exact) mass is 333 g/mol. The summed E-state index contributed by atoms with van der Waals surface area (Å²) in [6, 6.07) is 6.06. The first-order chi connectivity index (χ1) is 10.5. The van der Waals surface area contributed by atoms with Crippen molar-refractivity contribution in [3.05, 3.63) is 51.7 Å². The number of anilines is 1. The Morgan fingerprint density at radius 2 is 1.91 bits per heavy atom.